The molecule has 0 spiro atoms. The highest BCUT2D eigenvalue weighted by Gasteiger charge is 2.26. The highest BCUT2D eigenvalue weighted by molar-refractivity contribution is 7.89. The lowest BCUT2D eigenvalue weighted by molar-refractivity contribution is 0.0597. The molecular weight excluding hydrogens is 368 g/mol. The van der Waals surface area contributed by atoms with E-state index in [0.717, 1.165) is 5.56 Å². The highest BCUT2D eigenvalue weighted by atomic mass is 32.2. The molecule has 0 heterocycles. The van der Waals surface area contributed by atoms with Gasteiger partial charge in [-0.25, -0.2) is 13.2 Å². The van der Waals surface area contributed by atoms with Crippen LogP contribution in [0.5, 0.6) is 5.75 Å². The second-order valence-electron chi connectivity index (χ2n) is 5.78. The molecule has 146 valence electrons. The minimum Gasteiger partial charge on any atom is -0.496 e. The van der Waals surface area contributed by atoms with Gasteiger partial charge in [-0.3, -0.25) is 0 Å². The largest absolute Gasteiger partial charge is 0.496 e. The molecule has 0 fully saturated rings. The van der Waals surface area contributed by atoms with E-state index in [9.17, 15) is 13.2 Å². The van der Waals surface area contributed by atoms with Crippen molar-refractivity contribution in [3.05, 3.63) is 59.7 Å². The maximum absolute atomic E-state index is 13.1. The van der Waals surface area contributed by atoms with Crippen molar-refractivity contribution in [2.45, 2.75) is 11.3 Å². The average molecular weight is 392 g/mol. The van der Waals surface area contributed by atoms with Gasteiger partial charge in [-0.15, -0.1) is 0 Å². The molecule has 0 saturated carbocycles. The monoisotopic (exact) mass is 392 g/mol. The van der Waals surface area contributed by atoms with E-state index in [4.69, 9.17) is 10.5 Å². The van der Waals surface area contributed by atoms with Crippen molar-refractivity contribution < 1.29 is 22.7 Å². The van der Waals surface area contributed by atoms with E-state index in [1.165, 1.54) is 36.7 Å². The summed E-state index contributed by atoms with van der Waals surface area (Å²) in [7, 11) is -1.18. The summed E-state index contributed by atoms with van der Waals surface area (Å²) < 4.78 is 37.3. The Hall–Kier alpha value is -2.42. The van der Waals surface area contributed by atoms with Crippen LogP contribution in [0.2, 0.25) is 0 Å². The third-order valence-corrected chi connectivity index (χ3v) is 5.98. The number of esters is 1. The summed E-state index contributed by atoms with van der Waals surface area (Å²) in [6, 6.07) is 13.7. The van der Waals surface area contributed by atoms with Crippen LogP contribution < -0.4 is 10.5 Å². The average Bonchev–Trinajstić information content (AvgIpc) is 2.70. The van der Waals surface area contributed by atoms with Crippen LogP contribution in [0.15, 0.2) is 53.4 Å². The Morgan fingerprint density at radius 2 is 1.78 bits per heavy atom. The number of carbonyl (C=O) groups is 1. The molecule has 0 radical (unpaired) electrons. The Kier molecular flexibility index (Phi) is 7.35. The van der Waals surface area contributed by atoms with Crippen molar-refractivity contribution in [1.29, 1.82) is 0 Å². The molecule has 0 aliphatic heterocycles. The number of nitrogens with two attached hydrogens (primary N) is 1. The number of nitrogens with zero attached hydrogens (tertiary/aromatic N) is 1. The van der Waals surface area contributed by atoms with E-state index in [1.807, 2.05) is 30.3 Å². The van der Waals surface area contributed by atoms with E-state index in [-0.39, 0.29) is 29.3 Å². The quantitative estimate of drug-likeness (QED) is 0.652. The van der Waals surface area contributed by atoms with Crippen LogP contribution in [0.3, 0.4) is 0 Å². The van der Waals surface area contributed by atoms with E-state index in [1.54, 1.807) is 0 Å². The van der Waals surface area contributed by atoms with Crippen LogP contribution in [0.25, 0.3) is 0 Å². The number of ether oxygens (including phenoxy) is 2. The third-order valence-electron chi connectivity index (χ3n) is 4.09. The fourth-order valence-electron chi connectivity index (χ4n) is 2.65. The smallest absolute Gasteiger partial charge is 0.341 e. The van der Waals surface area contributed by atoms with E-state index in [0.29, 0.717) is 13.0 Å². The van der Waals surface area contributed by atoms with Crippen molar-refractivity contribution >= 4 is 16.0 Å². The summed E-state index contributed by atoms with van der Waals surface area (Å²) in [5, 5.41) is 0. The predicted octanol–water partition coefficient (Wildman–Crippen LogP) is 1.67. The number of sulfonamides is 1. The molecule has 0 atom stereocenters. The van der Waals surface area contributed by atoms with Crippen molar-refractivity contribution in [2.75, 3.05) is 33.9 Å². The Morgan fingerprint density at radius 1 is 1.07 bits per heavy atom. The SMILES string of the molecule is COC(=O)c1ccc(S(=O)(=O)N(CCN)CCc2ccccc2)cc1OC. The van der Waals surface area contributed by atoms with E-state index in [2.05, 4.69) is 4.74 Å². The number of rotatable bonds is 9. The Morgan fingerprint density at radius 3 is 2.37 bits per heavy atom. The summed E-state index contributed by atoms with van der Waals surface area (Å²) in [5.74, 6) is -0.461. The maximum atomic E-state index is 13.1. The van der Waals surface area contributed by atoms with Gasteiger partial charge in [0.1, 0.15) is 11.3 Å². The third kappa shape index (κ3) is 5.06. The summed E-state index contributed by atoms with van der Waals surface area (Å²) >= 11 is 0. The standard InChI is InChI=1S/C19H24N2O5S/c1-25-18-14-16(8-9-17(18)19(22)26-2)27(23,24)21(13-11-20)12-10-15-6-4-3-5-7-15/h3-9,14H,10-13,20H2,1-2H3. The van der Waals surface area contributed by atoms with E-state index >= 15 is 0 Å². The topological polar surface area (TPSA) is 98.9 Å². The molecule has 2 N–H and O–H groups in total. The van der Waals surface area contributed by atoms with Crippen molar-refractivity contribution in [2.24, 2.45) is 5.73 Å². The second kappa shape index (κ2) is 9.50. The van der Waals surface area contributed by atoms with Gasteiger partial charge in [0.2, 0.25) is 10.0 Å². The Balaban J connectivity index is 2.30. The molecule has 27 heavy (non-hydrogen) atoms. The van der Waals surface area contributed by atoms with Gasteiger partial charge in [-0.1, -0.05) is 30.3 Å². The molecule has 2 rings (SSSR count). The Labute approximate surface area is 159 Å². The zero-order chi connectivity index (χ0) is 19.9. The maximum Gasteiger partial charge on any atom is 0.341 e. The molecule has 2 aromatic rings. The molecule has 0 bridgehead atoms. The summed E-state index contributed by atoms with van der Waals surface area (Å²) in [6.07, 6.45) is 0.567. The first-order chi connectivity index (χ1) is 12.9. The van der Waals surface area contributed by atoms with E-state index < -0.39 is 16.0 Å². The number of hydrogen-bond donors (Lipinski definition) is 1. The van der Waals surface area contributed by atoms with Gasteiger partial charge in [0, 0.05) is 25.7 Å². The summed E-state index contributed by atoms with van der Waals surface area (Å²) in [4.78, 5) is 11.8. The van der Waals surface area contributed by atoms with Gasteiger partial charge >= 0.3 is 5.97 Å². The number of hydrogen-bond acceptors (Lipinski definition) is 6. The molecule has 0 aliphatic carbocycles. The molecule has 0 aliphatic rings. The molecule has 0 saturated heterocycles. The normalized spacial score (nSPS) is 11.4. The zero-order valence-electron chi connectivity index (χ0n) is 15.4. The molecule has 0 aromatic heterocycles. The first-order valence-electron chi connectivity index (χ1n) is 8.44. The molecule has 0 amide bonds. The number of carbonyl (C=O) groups excluding carboxylic acids is 1. The number of benzene rings is 2. The molecule has 2 aromatic carbocycles. The highest BCUT2D eigenvalue weighted by Crippen LogP contribution is 2.26. The lowest BCUT2D eigenvalue weighted by atomic mass is 10.1. The van der Waals surface area contributed by atoms with Gasteiger partial charge in [0.05, 0.1) is 19.1 Å². The minimum atomic E-state index is -3.79. The van der Waals surface area contributed by atoms with Crippen molar-refractivity contribution in [3.63, 3.8) is 0 Å². The fraction of sp³-hybridized carbons (Fsp3) is 0.316. The van der Waals surface area contributed by atoms with Gasteiger partial charge < -0.3 is 15.2 Å². The second-order valence-corrected chi connectivity index (χ2v) is 7.72. The fourth-order valence-corrected chi connectivity index (χ4v) is 4.13. The summed E-state index contributed by atoms with van der Waals surface area (Å²) in [6.45, 7) is 0.687. The lowest BCUT2D eigenvalue weighted by Crippen LogP contribution is -2.37. The first kappa shape index (κ1) is 20.9. The van der Waals surface area contributed by atoms with Crippen LogP contribution in [0, 0.1) is 0 Å². The van der Waals surface area contributed by atoms with Gasteiger partial charge in [-0.2, -0.15) is 4.31 Å². The lowest BCUT2D eigenvalue weighted by Gasteiger charge is -2.22. The first-order valence-corrected chi connectivity index (χ1v) is 9.88. The molecular formula is C19H24N2O5S. The van der Waals surface area contributed by atoms with Crippen LogP contribution in [0.4, 0.5) is 0 Å². The predicted molar refractivity (Wildman–Crippen MR) is 102 cm³/mol. The van der Waals surface area contributed by atoms with Gasteiger partial charge in [0.25, 0.3) is 0 Å². The number of methoxy groups -OCH3 is 2. The van der Waals surface area contributed by atoms with Crippen LogP contribution in [-0.4, -0.2) is 52.5 Å². The van der Waals surface area contributed by atoms with Crippen molar-refractivity contribution in [1.82, 2.24) is 4.31 Å². The minimum absolute atomic E-state index is 0.0357. The van der Waals surface area contributed by atoms with Crippen LogP contribution in [-0.2, 0) is 21.2 Å². The van der Waals surface area contributed by atoms with Gasteiger partial charge in [-0.05, 0) is 24.1 Å². The molecule has 7 nitrogen and oxygen atoms in total. The molecule has 8 heteroatoms. The molecule has 0 unspecified atom stereocenters. The Bertz CT molecular complexity index is 869. The summed E-state index contributed by atoms with van der Waals surface area (Å²) in [5.41, 5.74) is 6.82. The van der Waals surface area contributed by atoms with Gasteiger partial charge in [0.15, 0.2) is 0 Å². The van der Waals surface area contributed by atoms with Crippen molar-refractivity contribution in [3.8, 4) is 5.75 Å². The zero-order valence-corrected chi connectivity index (χ0v) is 16.2. The van der Waals surface area contributed by atoms with Crippen LogP contribution in [0.1, 0.15) is 15.9 Å². The van der Waals surface area contributed by atoms with Crippen LogP contribution >= 0.6 is 0 Å².